The van der Waals surface area contributed by atoms with Gasteiger partial charge in [-0.3, -0.25) is 4.90 Å². The highest BCUT2D eigenvalue weighted by Crippen LogP contribution is 2.27. The van der Waals surface area contributed by atoms with Crippen molar-refractivity contribution in [2.45, 2.75) is 91.6 Å². The SMILES string of the molecule is CCC=CCCC.CCCCCNc1nc(N)nc2ccn(Cc3cc(CN4CCN(C)CC4)ccc3OC)c12.O=CCCCCO. The number of unbranched alkanes of at least 4 members (excludes halogenated alkanes) is 5. The lowest BCUT2D eigenvalue weighted by atomic mass is 10.1. The van der Waals surface area contributed by atoms with Gasteiger partial charge in [-0.1, -0.05) is 58.3 Å². The Morgan fingerprint density at radius 2 is 1.74 bits per heavy atom. The number of aliphatic hydroxyl groups excluding tert-OH is 1. The van der Waals surface area contributed by atoms with Crippen molar-refractivity contribution in [3.05, 3.63) is 53.7 Å². The van der Waals surface area contributed by atoms with E-state index in [1.54, 1.807) is 7.11 Å². The third-order valence-corrected chi connectivity index (χ3v) is 7.98. The van der Waals surface area contributed by atoms with E-state index in [-0.39, 0.29) is 6.61 Å². The molecule has 4 rings (SSSR count). The van der Waals surface area contributed by atoms with Gasteiger partial charge in [0.25, 0.3) is 0 Å². The van der Waals surface area contributed by atoms with Crippen molar-refractivity contribution in [3.63, 3.8) is 0 Å². The van der Waals surface area contributed by atoms with E-state index < -0.39 is 0 Å². The number of hydrogen-bond donors (Lipinski definition) is 3. The zero-order chi connectivity index (χ0) is 34.3. The van der Waals surface area contributed by atoms with E-state index in [0.29, 0.717) is 18.9 Å². The summed E-state index contributed by atoms with van der Waals surface area (Å²) in [6.07, 6.45) is 16.7. The molecule has 262 valence electrons. The number of nitrogens with one attached hydrogen (secondary N) is 1. The van der Waals surface area contributed by atoms with E-state index in [9.17, 15) is 4.79 Å². The van der Waals surface area contributed by atoms with Gasteiger partial charge in [0.05, 0.1) is 19.2 Å². The maximum absolute atomic E-state index is 9.60. The first-order chi connectivity index (χ1) is 22.9. The molecule has 2 aromatic heterocycles. The molecule has 47 heavy (non-hydrogen) atoms. The number of piperazine rings is 1. The number of benzene rings is 1. The lowest BCUT2D eigenvalue weighted by molar-refractivity contribution is -0.107. The molecule has 0 radical (unpaired) electrons. The van der Waals surface area contributed by atoms with Crippen LogP contribution in [0.1, 0.15) is 89.7 Å². The van der Waals surface area contributed by atoms with Gasteiger partial charge in [-0.2, -0.15) is 4.98 Å². The molecule has 0 spiro atoms. The van der Waals surface area contributed by atoms with Gasteiger partial charge in [-0.05, 0) is 62.9 Å². The predicted octanol–water partition coefficient (Wildman–Crippen LogP) is 6.52. The number of allylic oxidation sites excluding steroid dienone is 2. The number of fused-ring (bicyclic) bond motifs is 1. The Morgan fingerprint density at radius 1 is 0.957 bits per heavy atom. The zero-order valence-corrected chi connectivity index (χ0v) is 29.7. The van der Waals surface area contributed by atoms with E-state index >= 15 is 0 Å². The molecular formula is C37H61N7O3. The average Bonchev–Trinajstić information content (AvgIpc) is 3.47. The second kappa shape index (κ2) is 23.8. The molecule has 0 atom stereocenters. The van der Waals surface area contributed by atoms with Crippen molar-refractivity contribution in [2.24, 2.45) is 0 Å². The summed E-state index contributed by atoms with van der Waals surface area (Å²) in [5, 5.41) is 11.7. The van der Waals surface area contributed by atoms with Gasteiger partial charge in [0.15, 0.2) is 5.82 Å². The zero-order valence-electron chi connectivity index (χ0n) is 29.7. The molecule has 1 saturated heterocycles. The Hall–Kier alpha value is -3.47. The number of carbonyl (C=O) groups is 1. The minimum atomic E-state index is 0.202. The Bertz CT molecular complexity index is 1300. The number of nitrogens with zero attached hydrogens (tertiary/aromatic N) is 5. The van der Waals surface area contributed by atoms with E-state index in [1.807, 2.05) is 6.07 Å². The third kappa shape index (κ3) is 14.9. The summed E-state index contributed by atoms with van der Waals surface area (Å²) in [5.74, 6) is 1.99. The molecule has 0 bridgehead atoms. The average molecular weight is 652 g/mol. The number of methoxy groups -OCH3 is 1. The quantitative estimate of drug-likeness (QED) is 0.0851. The van der Waals surface area contributed by atoms with Gasteiger partial charge in [-0.25, -0.2) is 4.98 Å². The van der Waals surface area contributed by atoms with Crippen molar-refractivity contribution in [1.29, 1.82) is 0 Å². The third-order valence-electron chi connectivity index (χ3n) is 7.98. The van der Waals surface area contributed by atoms with Gasteiger partial charge in [0, 0.05) is 64.1 Å². The summed E-state index contributed by atoms with van der Waals surface area (Å²) in [6.45, 7) is 13.7. The molecule has 1 aliphatic rings. The maximum atomic E-state index is 9.60. The molecule has 0 unspecified atom stereocenters. The number of anilines is 2. The van der Waals surface area contributed by atoms with E-state index in [2.05, 4.69) is 94.0 Å². The topological polar surface area (TPSA) is 122 Å². The lowest BCUT2D eigenvalue weighted by Crippen LogP contribution is -2.43. The first kappa shape index (κ1) is 39.7. The van der Waals surface area contributed by atoms with E-state index in [4.69, 9.17) is 15.6 Å². The fraction of sp³-hybridized carbons (Fsp3) is 0.595. The van der Waals surface area contributed by atoms with Crippen LogP contribution in [0.2, 0.25) is 0 Å². The second-order valence-electron chi connectivity index (χ2n) is 12.0. The van der Waals surface area contributed by atoms with Crippen molar-refractivity contribution < 1.29 is 14.6 Å². The van der Waals surface area contributed by atoms with Gasteiger partial charge in [0.1, 0.15) is 17.6 Å². The highest BCUT2D eigenvalue weighted by atomic mass is 16.5. The summed E-state index contributed by atoms with van der Waals surface area (Å²) >= 11 is 0. The summed E-state index contributed by atoms with van der Waals surface area (Å²) in [7, 11) is 3.92. The van der Waals surface area contributed by atoms with Crippen molar-refractivity contribution >= 4 is 29.1 Å². The Balaban J connectivity index is 0.000000459. The molecule has 1 aromatic carbocycles. The summed E-state index contributed by atoms with van der Waals surface area (Å²) in [6, 6.07) is 8.55. The largest absolute Gasteiger partial charge is 0.496 e. The number of aldehydes is 1. The second-order valence-corrected chi connectivity index (χ2v) is 12.0. The highest BCUT2D eigenvalue weighted by molar-refractivity contribution is 5.87. The number of aromatic nitrogens is 3. The monoisotopic (exact) mass is 651 g/mol. The van der Waals surface area contributed by atoms with Crippen LogP contribution in [-0.2, 0) is 17.9 Å². The normalized spacial score (nSPS) is 13.6. The van der Waals surface area contributed by atoms with Gasteiger partial charge in [0.2, 0.25) is 5.95 Å². The smallest absolute Gasteiger partial charge is 0.222 e. The molecule has 10 nitrogen and oxygen atoms in total. The van der Waals surface area contributed by atoms with Crippen LogP contribution in [-0.4, -0.2) is 89.2 Å². The number of rotatable bonds is 17. The Kier molecular flexibility index (Phi) is 20.1. The highest BCUT2D eigenvalue weighted by Gasteiger charge is 2.16. The molecule has 3 aromatic rings. The molecule has 4 N–H and O–H groups in total. The standard InChI is InChI=1S/C25H37N7O.C7H14.C5H10O2/c1-4-5-6-10-27-24-23-21(28-25(26)29-24)9-11-32(23)18-20-16-19(7-8-22(20)33-3)17-31-14-12-30(2)13-15-31;1-3-5-7-6-4-2;6-4-2-1-3-5-7/h7-9,11,16H,4-6,10,12-15,17-18H2,1-3H3,(H3,26,27,28,29);5,7H,3-4,6H2,1-2H3;4,7H,1-3,5H2. The van der Waals surface area contributed by atoms with Crippen LogP contribution in [0.25, 0.3) is 11.0 Å². The first-order valence-electron chi connectivity index (χ1n) is 17.5. The fourth-order valence-electron chi connectivity index (χ4n) is 5.25. The van der Waals surface area contributed by atoms with Crippen molar-refractivity contribution in [3.8, 4) is 5.75 Å². The Morgan fingerprint density at radius 3 is 2.40 bits per heavy atom. The number of nitrogens with two attached hydrogens (primary N) is 1. The van der Waals surface area contributed by atoms with Crippen LogP contribution in [0.3, 0.4) is 0 Å². The molecule has 0 saturated carbocycles. The Labute approximate surface area is 283 Å². The number of nitrogen functional groups attached to an aromatic ring is 1. The van der Waals surface area contributed by atoms with Crippen LogP contribution in [0.5, 0.6) is 5.75 Å². The lowest BCUT2D eigenvalue weighted by Gasteiger charge is -2.32. The molecule has 3 heterocycles. The van der Waals surface area contributed by atoms with E-state index in [0.717, 1.165) is 93.0 Å². The molecule has 10 heteroatoms. The maximum Gasteiger partial charge on any atom is 0.222 e. The number of likely N-dealkylation sites (N-methyl/N-ethyl adjacent to an activating group) is 1. The minimum absolute atomic E-state index is 0.202. The molecule has 0 aliphatic carbocycles. The number of ether oxygens (including phenoxy) is 1. The van der Waals surface area contributed by atoms with Gasteiger partial charge in [-0.15, -0.1) is 0 Å². The predicted molar refractivity (Wildman–Crippen MR) is 196 cm³/mol. The van der Waals surface area contributed by atoms with Crippen LogP contribution in [0, 0.1) is 0 Å². The van der Waals surface area contributed by atoms with Crippen LogP contribution < -0.4 is 15.8 Å². The van der Waals surface area contributed by atoms with Crippen molar-refractivity contribution in [1.82, 2.24) is 24.3 Å². The van der Waals surface area contributed by atoms with Crippen LogP contribution >= 0.6 is 0 Å². The van der Waals surface area contributed by atoms with Crippen LogP contribution in [0.4, 0.5) is 11.8 Å². The number of aliphatic hydroxyl groups is 1. The first-order valence-corrected chi connectivity index (χ1v) is 17.5. The van der Waals surface area contributed by atoms with Crippen LogP contribution in [0.15, 0.2) is 42.6 Å². The summed E-state index contributed by atoms with van der Waals surface area (Å²) < 4.78 is 7.89. The molecule has 1 fully saturated rings. The minimum Gasteiger partial charge on any atom is -0.496 e. The summed E-state index contributed by atoms with van der Waals surface area (Å²) in [4.78, 5) is 23.5. The van der Waals surface area contributed by atoms with E-state index in [1.165, 1.54) is 37.7 Å². The summed E-state index contributed by atoms with van der Waals surface area (Å²) in [5.41, 5.74) is 10.3. The van der Waals surface area contributed by atoms with Gasteiger partial charge < -0.3 is 35.2 Å². The van der Waals surface area contributed by atoms with Crippen molar-refractivity contribution in [2.75, 3.05) is 64.5 Å². The van der Waals surface area contributed by atoms with Gasteiger partial charge >= 0.3 is 0 Å². The molecule has 0 amide bonds. The fourth-order valence-corrected chi connectivity index (χ4v) is 5.25. The molecule has 1 aliphatic heterocycles. The number of hydrogen-bond acceptors (Lipinski definition) is 9. The molecular weight excluding hydrogens is 590 g/mol. The number of carbonyl (C=O) groups excluding carboxylic acids is 1.